The van der Waals surface area contributed by atoms with Gasteiger partial charge in [0.15, 0.2) is 0 Å². The molecule has 0 saturated heterocycles. The number of halogens is 1. The fourth-order valence-electron chi connectivity index (χ4n) is 1.68. The van der Waals surface area contributed by atoms with Crippen molar-refractivity contribution in [3.05, 3.63) is 47.5 Å². The van der Waals surface area contributed by atoms with Gasteiger partial charge < -0.3 is 9.84 Å². The average molecular weight is 208 g/mol. The number of aliphatic hydroxyl groups excluding tert-OH is 1. The van der Waals surface area contributed by atoms with Crippen LogP contribution in [-0.4, -0.2) is 11.7 Å². The molecule has 80 valence electrons. The fraction of sp³-hybridized carbons (Fsp3) is 0.333. The molecule has 0 spiro atoms. The van der Waals surface area contributed by atoms with E-state index in [2.05, 4.69) is 0 Å². The minimum Gasteiger partial charge on any atom is -0.501 e. The Kier molecular flexibility index (Phi) is 3.02. The molecule has 2 nitrogen and oxygen atoms in total. The Morgan fingerprint density at radius 2 is 2.27 bits per heavy atom. The van der Waals surface area contributed by atoms with Crippen LogP contribution in [0.15, 0.2) is 36.1 Å². The van der Waals surface area contributed by atoms with Gasteiger partial charge in [0.1, 0.15) is 11.9 Å². The fourth-order valence-corrected chi connectivity index (χ4v) is 1.68. The van der Waals surface area contributed by atoms with Crippen LogP contribution in [0.2, 0.25) is 0 Å². The number of benzene rings is 1. The summed E-state index contributed by atoms with van der Waals surface area (Å²) < 4.78 is 18.1. The second-order valence-corrected chi connectivity index (χ2v) is 3.62. The molecule has 1 N–H and O–H groups in total. The quantitative estimate of drug-likeness (QED) is 0.809. The molecule has 3 heteroatoms. The van der Waals surface area contributed by atoms with E-state index in [0.29, 0.717) is 12.2 Å². The first kappa shape index (κ1) is 10.2. The number of rotatable bonds is 2. The van der Waals surface area contributed by atoms with Crippen molar-refractivity contribution in [2.24, 2.45) is 0 Å². The molecule has 1 heterocycles. The molecule has 1 unspecified atom stereocenters. The smallest absolute Gasteiger partial charge is 0.123 e. The summed E-state index contributed by atoms with van der Waals surface area (Å²) in [6.07, 6.45) is 2.54. The maximum Gasteiger partial charge on any atom is 0.123 e. The van der Waals surface area contributed by atoms with Gasteiger partial charge in [-0.05, 0) is 36.1 Å². The summed E-state index contributed by atoms with van der Waals surface area (Å²) in [6, 6.07) is 6.02. The van der Waals surface area contributed by atoms with Crippen molar-refractivity contribution >= 4 is 0 Å². The molecule has 0 saturated carbocycles. The molecule has 0 aromatic heterocycles. The molecule has 1 atom stereocenters. The highest BCUT2D eigenvalue weighted by Crippen LogP contribution is 2.27. The van der Waals surface area contributed by atoms with Gasteiger partial charge in [0.05, 0.1) is 12.9 Å². The lowest BCUT2D eigenvalue weighted by Gasteiger charge is -2.19. The lowest BCUT2D eigenvalue weighted by molar-refractivity contribution is 0.170. The zero-order valence-electron chi connectivity index (χ0n) is 8.32. The number of ether oxygens (including phenoxy) is 1. The molecule has 1 aromatic rings. The number of hydrogen-bond acceptors (Lipinski definition) is 2. The summed E-state index contributed by atoms with van der Waals surface area (Å²) in [5.41, 5.74) is 1.39. The van der Waals surface area contributed by atoms with Gasteiger partial charge in [0.25, 0.3) is 0 Å². The first-order valence-corrected chi connectivity index (χ1v) is 5.01. The zero-order valence-corrected chi connectivity index (χ0v) is 8.32. The lowest BCUT2D eigenvalue weighted by atomic mass is 9.98. The third kappa shape index (κ3) is 2.36. The topological polar surface area (TPSA) is 29.5 Å². The van der Waals surface area contributed by atoms with Crippen LogP contribution in [0, 0.1) is 5.82 Å². The molecule has 0 fully saturated rings. The first-order chi connectivity index (χ1) is 7.27. The Morgan fingerprint density at radius 1 is 1.40 bits per heavy atom. The molecule has 0 aliphatic carbocycles. The molecule has 2 rings (SSSR count). The van der Waals surface area contributed by atoms with Crippen molar-refractivity contribution in [2.75, 3.05) is 6.61 Å². The monoisotopic (exact) mass is 208 g/mol. The minimum atomic E-state index is -0.749. The molecule has 0 radical (unpaired) electrons. The van der Waals surface area contributed by atoms with Gasteiger partial charge in [0, 0.05) is 0 Å². The molecule has 1 aliphatic rings. The molecule has 0 bridgehead atoms. The Labute approximate surface area is 88.0 Å². The number of aliphatic hydroxyl groups is 1. The zero-order chi connectivity index (χ0) is 10.7. The highest BCUT2D eigenvalue weighted by molar-refractivity contribution is 5.26. The van der Waals surface area contributed by atoms with E-state index in [1.54, 1.807) is 18.4 Å². The molecule has 0 amide bonds. The van der Waals surface area contributed by atoms with Crippen LogP contribution in [0.1, 0.15) is 24.5 Å². The van der Waals surface area contributed by atoms with E-state index in [9.17, 15) is 9.50 Å². The van der Waals surface area contributed by atoms with Gasteiger partial charge in [0.2, 0.25) is 0 Å². The predicted molar refractivity (Wildman–Crippen MR) is 54.6 cm³/mol. The summed E-state index contributed by atoms with van der Waals surface area (Å²) >= 11 is 0. The third-order valence-electron chi connectivity index (χ3n) is 2.48. The SMILES string of the molecule is OC(C1=COCCC1)c1cccc(F)c1. The Hall–Kier alpha value is -1.35. The Morgan fingerprint density at radius 3 is 2.93 bits per heavy atom. The van der Waals surface area contributed by atoms with Crippen molar-refractivity contribution in [1.29, 1.82) is 0 Å². The summed E-state index contributed by atoms with van der Waals surface area (Å²) in [4.78, 5) is 0. The van der Waals surface area contributed by atoms with Crippen molar-refractivity contribution in [3.8, 4) is 0 Å². The van der Waals surface area contributed by atoms with Gasteiger partial charge in [-0.3, -0.25) is 0 Å². The van der Waals surface area contributed by atoms with Crippen molar-refractivity contribution in [2.45, 2.75) is 18.9 Å². The lowest BCUT2D eigenvalue weighted by Crippen LogP contribution is -2.07. The molecule has 15 heavy (non-hydrogen) atoms. The summed E-state index contributed by atoms with van der Waals surface area (Å²) in [6.45, 7) is 0.694. The van der Waals surface area contributed by atoms with Gasteiger partial charge in [-0.1, -0.05) is 12.1 Å². The van der Waals surface area contributed by atoms with Crippen LogP contribution in [0.25, 0.3) is 0 Å². The van der Waals surface area contributed by atoms with Crippen LogP contribution in [-0.2, 0) is 4.74 Å². The molecular weight excluding hydrogens is 195 g/mol. The van der Waals surface area contributed by atoms with E-state index in [1.807, 2.05) is 0 Å². The molecule has 1 aliphatic heterocycles. The second-order valence-electron chi connectivity index (χ2n) is 3.62. The predicted octanol–water partition coefficient (Wildman–Crippen LogP) is 2.55. The van der Waals surface area contributed by atoms with Crippen LogP contribution in [0.4, 0.5) is 4.39 Å². The van der Waals surface area contributed by atoms with E-state index in [1.165, 1.54) is 12.1 Å². The largest absolute Gasteiger partial charge is 0.501 e. The summed E-state index contributed by atoms with van der Waals surface area (Å²) in [5.74, 6) is -0.330. The Balaban J connectivity index is 2.19. The van der Waals surface area contributed by atoms with Gasteiger partial charge >= 0.3 is 0 Å². The highest BCUT2D eigenvalue weighted by atomic mass is 19.1. The highest BCUT2D eigenvalue weighted by Gasteiger charge is 2.16. The molecule has 1 aromatic carbocycles. The summed E-state index contributed by atoms with van der Waals surface area (Å²) in [5, 5.41) is 9.95. The van der Waals surface area contributed by atoms with E-state index < -0.39 is 6.10 Å². The van der Waals surface area contributed by atoms with Crippen LogP contribution in [0.5, 0.6) is 0 Å². The van der Waals surface area contributed by atoms with Gasteiger partial charge in [-0.25, -0.2) is 4.39 Å². The normalized spacial score (nSPS) is 17.9. The van der Waals surface area contributed by atoms with Crippen LogP contribution < -0.4 is 0 Å². The molecular formula is C12H13FO2. The van der Waals surface area contributed by atoms with Crippen LogP contribution in [0.3, 0.4) is 0 Å². The maximum absolute atomic E-state index is 12.9. The maximum atomic E-state index is 12.9. The van der Waals surface area contributed by atoms with Crippen molar-refractivity contribution in [1.82, 2.24) is 0 Å². The van der Waals surface area contributed by atoms with Crippen LogP contribution >= 0.6 is 0 Å². The third-order valence-corrected chi connectivity index (χ3v) is 2.48. The van der Waals surface area contributed by atoms with Crippen molar-refractivity contribution in [3.63, 3.8) is 0 Å². The average Bonchev–Trinajstić information content (AvgIpc) is 2.29. The van der Waals surface area contributed by atoms with Crippen molar-refractivity contribution < 1.29 is 14.2 Å². The van der Waals surface area contributed by atoms with Gasteiger partial charge in [-0.2, -0.15) is 0 Å². The van der Waals surface area contributed by atoms with E-state index in [-0.39, 0.29) is 5.82 Å². The number of hydrogen-bond donors (Lipinski definition) is 1. The van der Waals surface area contributed by atoms with Gasteiger partial charge in [-0.15, -0.1) is 0 Å². The van der Waals surface area contributed by atoms with E-state index in [4.69, 9.17) is 4.74 Å². The van der Waals surface area contributed by atoms with E-state index >= 15 is 0 Å². The summed E-state index contributed by atoms with van der Waals surface area (Å²) in [7, 11) is 0. The standard InChI is InChI=1S/C12H13FO2/c13-11-5-1-3-9(7-11)12(14)10-4-2-6-15-8-10/h1,3,5,7-8,12,14H,2,4,6H2. The second kappa shape index (κ2) is 4.45. The first-order valence-electron chi connectivity index (χ1n) is 5.01. The minimum absolute atomic E-state index is 0.330. The Bertz CT molecular complexity index is 374. The van der Waals surface area contributed by atoms with E-state index in [0.717, 1.165) is 18.4 Å².